The van der Waals surface area contributed by atoms with Gasteiger partial charge < -0.3 is 9.64 Å². The van der Waals surface area contributed by atoms with Crippen molar-refractivity contribution in [1.29, 1.82) is 5.26 Å². The number of ether oxygens (including phenoxy) is 1. The quantitative estimate of drug-likeness (QED) is 0.695. The van der Waals surface area contributed by atoms with Crippen molar-refractivity contribution in [1.82, 2.24) is 9.80 Å². The highest BCUT2D eigenvalue weighted by Crippen LogP contribution is 2.18. The van der Waals surface area contributed by atoms with Crippen LogP contribution in [0.1, 0.15) is 17.5 Å². The minimum absolute atomic E-state index is 0.107. The molecule has 3 rings (SSSR count). The van der Waals surface area contributed by atoms with Gasteiger partial charge in [-0.15, -0.1) is 0 Å². The average molecular weight is 414 g/mol. The second-order valence-electron chi connectivity index (χ2n) is 7.28. The molecule has 7 heteroatoms. The molecule has 0 saturated carbocycles. The normalized spacial score (nSPS) is 16.1. The number of methoxy groups -OCH3 is 1. The Hall–Kier alpha value is -2.40. The van der Waals surface area contributed by atoms with Gasteiger partial charge in [0.15, 0.2) is 9.84 Å². The molecule has 29 heavy (non-hydrogen) atoms. The Morgan fingerprint density at radius 1 is 1.03 bits per heavy atom. The minimum Gasteiger partial charge on any atom is -0.497 e. The summed E-state index contributed by atoms with van der Waals surface area (Å²) in [6.07, 6.45) is 1.01. The molecule has 0 N–H and O–H groups in total. The number of benzene rings is 2. The standard InChI is InChI=1S/C22H27N3O3S/c1-28-21-4-2-5-22(16-21)29(26,27)15-14-24-10-3-11-25(13-12-24)18-20-8-6-19(17-23)7-9-20/h2,4-9,16H,3,10-15,18H2,1H3. The molecule has 0 bridgehead atoms. The second kappa shape index (κ2) is 9.88. The lowest BCUT2D eigenvalue weighted by Gasteiger charge is -2.22. The van der Waals surface area contributed by atoms with Crippen LogP contribution < -0.4 is 4.74 Å². The third-order valence-electron chi connectivity index (χ3n) is 5.25. The van der Waals surface area contributed by atoms with Gasteiger partial charge >= 0.3 is 0 Å². The van der Waals surface area contributed by atoms with Gasteiger partial charge in [0.05, 0.1) is 29.4 Å². The molecule has 0 amide bonds. The van der Waals surface area contributed by atoms with Crippen molar-refractivity contribution in [3.8, 4) is 11.8 Å². The predicted octanol–water partition coefficient (Wildman–Crippen LogP) is 2.55. The van der Waals surface area contributed by atoms with Crippen molar-refractivity contribution in [2.75, 3.05) is 45.6 Å². The van der Waals surface area contributed by atoms with E-state index in [0.29, 0.717) is 22.8 Å². The molecule has 0 unspecified atom stereocenters. The monoisotopic (exact) mass is 413 g/mol. The van der Waals surface area contributed by atoms with Gasteiger partial charge in [0, 0.05) is 26.2 Å². The van der Waals surface area contributed by atoms with E-state index in [0.717, 1.165) is 39.1 Å². The molecule has 6 nitrogen and oxygen atoms in total. The Bertz CT molecular complexity index is 952. The largest absolute Gasteiger partial charge is 0.497 e. The molecule has 1 saturated heterocycles. The third-order valence-corrected chi connectivity index (χ3v) is 6.94. The van der Waals surface area contributed by atoms with Crippen LogP contribution in [0.2, 0.25) is 0 Å². The van der Waals surface area contributed by atoms with Crippen molar-refractivity contribution in [3.63, 3.8) is 0 Å². The fraction of sp³-hybridized carbons (Fsp3) is 0.409. The summed E-state index contributed by atoms with van der Waals surface area (Å²) in [5.41, 5.74) is 1.87. The number of nitriles is 1. The van der Waals surface area contributed by atoms with Gasteiger partial charge in [-0.3, -0.25) is 4.90 Å². The van der Waals surface area contributed by atoms with Crippen LogP contribution >= 0.6 is 0 Å². The summed E-state index contributed by atoms with van der Waals surface area (Å²) in [6.45, 7) is 5.02. The lowest BCUT2D eigenvalue weighted by Crippen LogP contribution is -2.33. The van der Waals surface area contributed by atoms with Gasteiger partial charge in [-0.25, -0.2) is 8.42 Å². The Morgan fingerprint density at radius 3 is 2.48 bits per heavy atom. The van der Waals surface area contributed by atoms with Crippen LogP contribution in [0.5, 0.6) is 5.75 Å². The first-order valence-electron chi connectivity index (χ1n) is 9.81. The van der Waals surface area contributed by atoms with Crippen LogP contribution in [0.3, 0.4) is 0 Å². The predicted molar refractivity (Wildman–Crippen MR) is 113 cm³/mol. The first kappa shape index (κ1) is 21.3. The van der Waals surface area contributed by atoms with Crippen LogP contribution in [-0.2, 0) is 16.4 Å². The van der Waals surface area contributed by atoms with Crippen LogP contribution in [-0.4, -0.2) is 63.8 Å². The van der Waals surface area contributed by atoms with E-state index in [2.05, 4.69) is 15.9 Å². The molecule has 1 fully saturated rings. The molecule has 1 heterocycles. The number of hydrogen-bond acceptors (Lipinski definition) is 6. The summed E-state index contributed by atoms with van der Waals surface area (Å²) in [5, 5.41) is 8.91. The molecule has 1 aliphatic rings. The molecule has 154 valence electrons. The fourth-order valence-corrected chi connectivity index (χ4v) is 4.83. The van der Waals surface area contributed by atoms with Crippen molar-refractivity contribution in [3.05, 3.63) is 59.7 Å². The maximum absolute atomic E-state index is 12.7. The Labute approximate surface area is 173 Å². The molecule has 2 aromatic carbocycles. The number of sulfone groups is 1. The highest BCUT2D eigenvalue weighted by Gasteiger charge is 2.20. The Kier molecular flexibility index (Phi) is 7.26. The van der Waals surface area contributed by atoms with Gasteiger partial charge in [-0.05, 0) is 55.4 Å². The smallest absolute Gasteiger partial charge is 0.179 e. The van der Waals surface area contributed by atoms with Crippen molar-refractivity contribution in [2.24, 2.45) is 0 Å². The van der Waals surface area contributed by atoms with Gasteiger partial charge in [0.25, 0.3) is 0 Å². The average Bonchev–Trinajstić information content (AvgIpc) is 2.98. The van der Waals surface area contributed by atoms with E-state index in [1.807, 2.05) is 24.3 Å². The highest BCUT2D eigenvalue weighted by atomic mass is 32.2. The first-order valence-corrected chi connectivity index (χ1v) is 11.5. The lowest BCUT2D eigenvalue weighted by molar-refractivity contribution is 0.258. The summed E-state index contributed by atoms with van der Waals surface area (Å²) in [5.74, 6) is 0.662. The fourth-order valence-electron chi connectivity index (χ4n) is 3.51. The maximum Gasteiger partial charge on any atom is 0.179 e. The summed E-state index contributed by atoms with van der Waals surface area (Å²) >= 11 is 0. The molecule has 0 radical (unpaired) electrons. The molecule has 0 aromatic heterocycles. The van der Waals surface area contributed by atoms with E-state index < -0.39 is 9.84 Å². The number of rotatable bonds is 7. The summed E-state index contributed by atoms with van der Waals surface area (Å²) in [6, 6.07) is 16.5. The second-order valence-corrected chi connectivity index (χ2v) is 9.39. The number of nitrogens with zero attached hydrogens (tertiary/aromatic N) is 3. The van der Waals surface area contributed by atoms with E-state index >= 15 is 0 Å². The molecule has 0 atom stereocenters. The van der Waals surface area contributed by atoms with E-state index in [9.17, 15) is 8.42 Å². The zero-order chi connectivity index (χ0) is 20.7. The minimum atomic E-state index is -3.33. The van der Waals surface area contributed by atoms with Gasteiger partial charge in [0.2, 0.25) is 0 Å². The van der Waals surface area contributed by atoms with E-state index in [4.69, 9.17) is 10.00 Å². The van der Waals surface area contributed by atoms with Crippen molar-refractivity contribution < 1.29 is 13.2 Å². The van der Waals surface area contributed by atoms with Gasteiger partial charge in [-0.1, -0.05) is 18.2 Å². The topological polar surface area (TPSA) is 73.6 Å². The molecular formula is C22H27N3O3S. The SMILES string of the molecule is COc1cccc(S(=O)(=O)CCN2CCCN(Cc3ccc(C#N)cc3)CC2)c1. The molecule has 2 aromatic rings. The lowest BCUT2D eigenvalue weighted by atomic mass is 10.1. The first-order chi connectivity index (χ1) is 14.0. The van der Waals surface area contributed by atoms with Crippen LogP contribution in [0.25, 0.3) is 0 Å². The third kappa shape index (κ3) is 6.04. The number of hydrogen-bond donors (Lipinski definition) is 0. The molecular weight excluding hydrogens is 386 g/mol. The van der Waals surface area contributed by atoms with Crippen LogP contribution in [0.4, 0.5) is 0 Å². The van der Waals surface area contributed by atoms with Gasteiger partial charge in [-0.2, -0.15) is 5.26 Å². The van der Waals surface area contributed by atoms with Crippen molar-refractivity contribution in [2.45, 2.75) is 17.9 Å². The van der Waals surface area contributed by atoms with E-state index in [1.54, 1.807) is 24.3 Å². The molecule has 0 spiro atoms. The highest BCUT2D eigenvalue weighted by molar-refractivity contribution is 7.91. The molecule has 1 aliphatic heterocycles. The summed E-state index contributed by atoms with van der Waals surface area (Å²) in [7, 11) is -1.80. The Balaban J connectivity index is 1.52. The zero-order valence-electron chi connectivity index (χ0n) is 16.8. The van der Waals surface area contributed by atoms with Crippen LogP contribution in [0.15, 0.2) is 53.4 Å². The van der Waals surface area contributed by atoms with Crippen molar-refractivity contribution >= 4 is 9.84 Å². The summed E-state index contributed by atoms with van der Waals surface area (Å²) < 4.78 is 30.5. The zero-order valence-corrected chi connectivity index (χ0v) is 17.6. The maximum atomic E-state index is 12.7. The van der Waals surface area contributed by atoms with E-state index in [-0.39, 0.29) is 5.75 Å². The van der Waals surface area contributed by atoms with Crippen LogP contribution in [0, 0.1) is 11.3 Å². The van der Waals surface area contributed by atoms with Gasteiger partial charge in [0.1, 0.15) is 5.75 Å². The summed E-state index contributed by atoms with van der Waals surface area (Å²) in [4.78, 5) is 4.93. The Morgan fingerprint density at radius 2 is 1.76 bits per heavy atom. The van der Waals surface area contributed by atoms with E-state index in [1.165, 1.54) is 12.7 Å². The molecule has 0 aliphatic carbocycles.